The summed E-state index contributed by atoms with van der Waals surface area (Å²) in [5.41, 5.74) is 2.60. The Hall–Kier alpha value is -3.46. The van der Waals surface area contributed by atoms with E-state index in [1.807, 2.05) is 6.26 Å². The molecule has 0 bridgehead atoms. The molecule has 6 nitrogen and oxygen atoms in total. The van der Waals surface area contributed by atoms with Gasteiger partial charge < -0.3 is 9.64 Å². The minimum atomic E-state index is -0.707. The number of hydrogen-bond donors (Lipinski definition) is 0. The second-order valence-corrected chi connectivity index (χ2v) is 8.62. The second kappa shape index (κ2) is 8.47. The molecule has 1 amide bonds. The van der Waals surface area contributed by atoms with Crippen LogP contribution in [0.15, 0.2) is 48.8 Å². The molecule has 0 atom stereocenters. The number of rotatable bonds is 6. The van der Waals surface area contributed by atoms with Crippen LogP contribution in [-0.2, 0) is 20.1 Å². The number of aromatic nitrogens is 3. The highest BCUT2D eigenvalue weighted by molar-refractivity contribution is 7.98. The third-order valence-electron chi connectivity index (χ3n) is 5.64. The molecular formula is C24H20F2N4O2S. The molecule has 168 valence electrons. The van der Waals surface area contributed by atoms with Crippen molar-refractivity contribution >= 4 is 28.6 Å². The lowest BCUT2D eigenvalue weighted by molar-refractivity contribution is 0.0763. The summed E-state index contributed by atoms with van der Waals surface area (Å²) < 4.78 is 37.6. The number of ether oxygens (including phenoxy) is 1. The number of carbonyl (C=O) groups excluding carboxylic acids is 1. The van der Waals surface area contributed by atoms with Crippen molar-refractivity contribution in [1.29, 1.82) is 0 Å². The molecule has 1 aliphatic heterocycles. The van der Waals surface area contributed by atoms with Gasteiger partial charge in [0.05, 0.1) is 24.3 Å². The molecule has 1 aliphatic rings. The van der Waals surface area contributed by atoms with Gasteiger partial charge >= 0.3 is 0 Å². The number of nitrogens with zero attached hydrogens (tertiary/aromatic N) is 4. The summed E-state index contributed by atoms with van der Waals surface area (Å²) in [7, 11) is 1.78. The molecule has 9 heteroatoms. The minimum absolute atomic E-state index is 0.151. The zero-order valence-electron chi connectivity index (χ0n) is 18.0. The molecule has 0 saturated heterocycles. The number of pyridine rings is 1. The SMILES string of the molecule is CSCOc1ccc(-c2cc(F)c(CN3Cc4ncccc4C3=O)c(F)c2)c2cn(C)nc12. The molecule has 5 rings (SSSR count). The lowest BCUT2D eigenvalue weighted by Crippen LogP contribution is -2.24. The number of halogens is 2. The number of carbonyl (C=O) groups is 1. The van der Waals surface area contributed by atoms with Crippen LogP contribution in [0.3, 0.4) is 0 Å². The van der Waals surface area contributed by atoms with Gasteiger partial charge in [-0.3, -0.25) is 14.5 Å². The number of amides is 1. The number of fused-ring (bicyclic) bond motifs is 2. The predicted molar refractivity (Wildman–Crippen MR) is 123 cm³/mol. The quantitative estimate of drug-likeness (QED) is 0.383. The average molecular weight is 467 g/mol. The number of aryl methyl sites for hydroxylation is 1. The standard InChI is InChI=1S/C24H20F2N4O2S/c1-29-10-17-15(5-6-22(23(17)28-29)32-13-33-2)14-8-19(25)18(20(26)9-14)11-30-12-21-16(24(30)31)4-3-7-27-21/h3-10H,11-13H2,1-2H3. The Bertz CT molecular complexity index is 1370. The topological polar surface area (TPSA) is 60.2 Å². The van der Waals surface area contributed by atoms with Gasteiger partial charge in [-0.1, -0.05) is 0 Å². The molecule has 0 N–H and O–H groups in total. The number of benzene rings is 2. The number of hydrogen-bond acceptors (Lipinski definition) is 5. The summed E-state index contributed by atoms with van der Waals surface area (Å²) in [6.45, 7) is 0.0559. The van der Waals surface area contributed by atoms with Crippen molar-refractivity contribution in [3.63, 3.8) is 0 Å². The van der Waals surface area contributed by atoms with E-state index in [0.29, 0.717) is 39.6 Å². The molecule has 0 aliphatic carbocycles. The fourth-order valence-electron chi connectivity index (χ4n) is 4.10. The van der Waals surface area contributed by atoms with Crippen molar-refractivity contribution in [3.8, 4) is 16.9 Å². The van der Waals surface area contributed by atoms with Crippen LogP contribution in [0.1, 0.15) is 21.6 Å². The van der Waals surface area contributed by atoms with E-state index in [4.69, 9.17) is 4.74 Å². The van der Waals surface area contributed by atoms with Gasteiger partial charge in [-0.15, -0.1) is 11.8 Å². The normalized spacial score (nSPS) is 13.1. The lowest BCUT2D eigenvalue weighted by atomic mass is 9.99. The van der Waals surface area contributed by atoms with Crippen molar-refractivity contribution < 1.29 is 18.3 Å². The van der Waals surface area contributed by atoms with Crippen LogP contribution in [0.5, 0.6) is 5.75 Å². The summed E-state index contributed by atoms with van der Waals surface area (Å²) in [5.74, 6) is -0.610. The molecule has 0 fully saturated rings. The fraction of sp³-hybridized carbons (Fsp3) is 0.208. The van der Waals surface area contributed by atoms with Gasteiger partial charge in [0.15, 0.2) is 0 Å². The molecule has 0 saturated carbocycles. The largest absolute Gasteiger partial charge is 0.481 e. The van der Waals surface area contributed by atoms with Crippen LogP contribution in [-0.4, -0.2) is 37.8 Å². The van der Waals surface area contributed by atoms with Crippen LogP contribution < -0.4 is 4.74 Å². The van der Waals surface area contributed by atoms with E-state index in [9.17, 15) is 4.79 Å². The van der Waals surface area contributed by atoms with Gasteiger partial charge in [-0.05, 0) is 53.8 Å². The first-order chi connectivity index (χ1) is 16.0. The lowest BCUT2D eigenvalue weighted by Gasteiger charge is -2.17. The molecule has 3 heterocycles. The Morgan fingerprint density at radius 2 is 1.94 bits per heavy atom. The molecule has 0 unspecified atom stereocenters. The molecular weight excluding hydrogens is 446 g/mol. The van der Waals surface area contributed by atoms with Gasteiger partial charge in [0, 0.05) is 30.4 Å². The van der Waals surface area contributed by atoms with Gasteiger partial charge in [0.1, 0.15) is 28.8 Å². The van der Waals surface area contributed by atoms with Crippen molar-refractivity contribution in [3.05, 3.63) is 77.2 Å². The zero-order chi connectivity index (χ0) is 23.1. The molecule has 0 radical (unpaired) electrons. The highest BCUT2D eigenvalue weighted by Crippen LogP contribution is 2.36. The van der Waals surface area contributed by atoms with Crippen molar-refractivity contribution in [2.75, 3.05) is 12.2 Å². The highest BCUT2D eigenvalue weighted by Gasteiger charge is 2.29. The molecule has 2 aromatic heterocycles. The van der Waals surface area contributed by atoms with Crippen LogP contribution in [0.25, 0.3) is 22.0 Å². The summed E-state index contributed by atoms with van der Waals surface area (Å²) >= 11 is 1.54. The molecule has 33 heavy (non-hydrogen) atoms. The van der Waals surface area contributed by atoms with Crippen molar-refractivity contribution in [1.82, 2.24) is 19.7 Å². The molecule has 0 spiro atoms. The molecule has 4 aromatic rings. The van der Waals surface area contributed by atoms with Gasteiger partial charge in [0.2, 0.25) is 0 Å². The Labute approximate surface area is 193 Å². The van der Waals surface area contributed by atoms with E-state index in [-0.39, 0.29) is 24.6 Å². The van der Waals surface area contributed by atoms with Gasteiger partial charge in [0.25, 0.3) is 5.91 Å². The first-order valence-corrected chi connectivity index (χ1v) is 11.6. The van der Waals surface area contributed by atoms with Gasteiger partial charge in [-0.25, -0.2) is 8.78 Å². The van der Waals surface area contributed by atoms with Crippen molar-refractivity contribution in [2.45, 2.75) is 13.1 Å². The van der Waals surface area contributed by atoms with E-state index in [0.717, 1.165) is 5.39 Å². The number of thioether (sulfide) groups is 1. The highest BCUT2D eigenvalue weighted by atomic mass is 32.2. The Morgan fingerprint density at radius 3 is 2.67 bits per heavy atom. The summed E-state index contributed by atoms with van der Waals surface area (Å²) in [6.07, 6.45) is 5.33. The smallest absolute Gasteiger partial charge is 0.256 e. The maximum Gasteiger partial charge on any atom is 0.256 e. The first-order valence-electron chi connectivity index (χ1n) is 10.3. The Morgan fingerprint density at radius 1 is 1.15 bits per heavy atom. The van der Waals surface area contributed by atoms with E-state index in [1.165, 1.54) is 28.8 Å². The maximum atomic E-state index is 15.1. The third-order valence-corrected chi connectivity index (χ3v) is 5.99. The average Bonchev–Trinajstić information content (AvgIpc) is 3.34. The maximum absolute atomic E-state index is 15.1. The van der Waals surface area contributed by atoms with Crippen LogP contribution in [0.4, 0.5) is 8.78 Å². The fourth-order valence-corrected chi connectivity index (χ4v) is 4.34. The van der Waals surface area contributed by atoms with Crippen LogP contribution in [0.2, 0.25) is 0 Å². The monoisotopic (exact) mass is 466 g/mol. The second-order valence-electron chi connectivity index (χ2n) is 7.80. The van der Waals surface area contributed by atoms with E-state index in [1.54, 1.807) is 48.4 Å². The zero-order valence-corrected chi connectivity index (χ0v) is 18.8. The van der Waals surface area contributed by atoms with Gasteiger partial charge in [-0.2, -0.15) is 5.10 Å². The van der Waals surface area contributed by atoms with E-state index >= 15 is 8.78 Å². The predicted octanol–water partition coefficient (Wildman–Crippen LogP) is 4.77. The Balaban J connectivity index is 1.49. The van der Waals surface area contributed by atoms with Crippen LogP contribution in [0, 0.1) is 11.6 Å². The van der Waals surface area contributed by atoms with Crippen LogP contribution >= 0.6 is 11.8 Å². The first kappa shape index (κ1) is 21.4. The Kier molecular flexibility index (Phi) is 5.49. The third kappa shape index (κ3) is 3.82. The summed E-state index contributed by atoms with van der Waals surface area (Å²) in [4.78, 5) is 18.2. The van der Waals surface area contributed by atoms with Crippen molar-refractivity contribution in [2.24, 2.45) is 7.05 Å². The van der Waals surface area contributed by atoms with E-state index < -0.39 is 11.6 Å². The summed E-state index contributed by atoms with van der Waals surface area (Å²) in [6, 6.07) is 9.49. The summed E-state index contributed by atoms with van der Waals surface area (Å²) in [5, 5.41) is 5.19. The minimum Gasteiger partial charge on any atom is -0.481 e. The van der Waals surface area contributed by atoms with E-state index in [2.05, 4.69) is 10.1 Å². The molecule has 2 aromatic carbocycles.